The first-order valence-corrected chi connectivity index (χ1v) is 11.0. The number of nitrogens with one attached hydrogen (secondary N) is 2. The molecule has 3 rings (SSSR count). The minimum atomic E-state index is -0.215. The van der Waals surface area contributed by atoms with Crippen molar-refractivity contribution in [3.05, 3.63) is 64.1 Å². The fourth-order valence-electron chi connectivity index (χ4n) is 3.59. The molecule has 0 aromatic heterocycles. The Bertz CT molecular complexity index is 849. The highest BCUT2D eigenvalue weighted by molar-refractivity contribution is 9.10. The van der Waals surface area contributed by atoms with Gasteiger partial charge in [-0.15, -0.1) is 0 Å². The van der Waals surface area contributed by atoms with Crippen LogP contribution in [-0.2, 0) is 16.1 Å². The van der Waals surface area contributed by atoms with E-state index in [1.165, 1.54) is 5.56 Å². The summed E-state index contributed by atoms with van der Waals surface area (Å²) in [7, 11) is 1.59. The number of halogens is 1. The lowest BCUT2D eigenvalue weighted by atomic mass is 9.95. The molecule has 0 unspecified atom stereocenters. The lowest BCUT2D eigenvalue weighted by Gasteiger charge is -2.31. The van der Waals surface area contributed by atoms with Crippen LogP contribution in [0.25, 0.3) is 0 Å². The maximum Gasteiger partial charge on any atom is 0.253 e. The molecule has 0 atom stereocenters. The van der Waals surface area contributed by atoms with Crippen LogP contribution in [0.4, 0.5) is 5.69 Å². The molecule has 1 aliphatic rings. The van der Waals surface area contributed by atoms with Gasteiger partial charge in [-0.05, 0) is 55.8 Å². The van der Waals surface area contributed by atoms with Crippen molar-refractivity contribution in [2.75, 3.05) is 38.7 Å². The molecule has 1 aliphatic heterocycles. The lowest BCUT2D eigenvalue weighted by Crippen LogP contribution is -2.38. The minimum Gasteiger partial charge on any atom is -0.383 e. The molecule has 1 saturated heterocycles. The third kappa shape index (κ3) is 6.39. The Kier molecular flexibility index (Phi) is 8.42. The van der Waals surface area contributed by atoms with Crippen LogP contribution in [0.3, 0.4) is 0 Å². The number of hydrogen-bond donors (Lipinski definition) is 2. The lowest BCUT2D eigenvalue weighted by molar-refractivity contribution is -0.121. The van der Waals surface area contributed by atoms with Crippen molar-refractivity contribution in [2.24, 2.45) is 5.92 Å². The van der Waals surface area contributed by atoms with E-state index in [-0.39, 0.29) is 17.7 Å². The summed E-state index contributed by atoms with van der Waals surface area (Å²) in [5, 5.41) is 5.77. The summed E-state index contributed by atoms with van der Waals surface area (Å²) in [5.41, 5.74) is 2.29. The molecule has 1 heterocycles. The number of hydrogen-bond acceptors (Lipinski definition) is 4. The molecule has 160 valence electrons. The van der Waals surface area contributed by atoms with E-state index in [9.17, 15) is 9.59 Å². The number of likely N-dealkylation sites (tertiary alicyclic amines) is 1. The Morgan fingerprint density at radius 3 is 2.50 bits per heavy atom. The van der Waals surface area contributed by atoms with E-state index in [0.717, 1.165) is 36.9 Å². The van der Waals surface area contributed by atoms with Crippen LogP contribution in [0.15, 0.2) is 53.0 Å². The molecule has 30 heavy (non-hydrogen) atoms. The summed E-state index contributed by atoms with van der Waals surface area (Å²) >= 11 is 3.46. The fraction of sp³-hybridized carbons (Fsp3) is 0.391. The molecule has 2 amide bonds. The smallest absolute Gasteiger partial charge is 0.253 e. The zero-order valence-corrected chi connectivity index (χ0v) is 18.8. The number of nitrogens with zero attached hydrogens (tertiary/aromatic N) is 1. The Morgan fingerprint density at radius 2 is 1.80 bits per heavy atom. The minimum absolute atomic E-state index is 0.0181. The quantitative estimate of drug-likeness (QED) is 0.573. The van der Waals surface area contributed by atoms with Crippen molar-refractivity contribution >= 4 is 33.4 Å². The molecule has 6 nitrogen and oxygen atoms in total. The monoisotopic (exact) mass is 473 g/mol. The summed E-state index contributed by atoms with van der Waals surface area (Å²) in [5.74, 6) is -0.279. The molecular formula is C23H28BrN3O3. The first-order chi connectivity index (χ1) is 14.6. The predicted octanol–water partition coefficient (Wildman–Crippen LogP) is 3.68. The number of ether oxygens (including phenoxy) is 1. The van der Waals surface area contributed by atoms with Gasteiger partial charge in [0, 0.05) is 30.6 Å². The van der Waals surface area contributed by atoms with Crippen LogP contribution in [0, 0.1) is 5.92 Å². The average Bonchev–Trinajstić information content (AvgIpc) is 2.76. The number of rotatable bonds is 8. The number of anilines is 1. The highest BCUT2D eigenvalue weighted by atomic mass is 79.9. The van der Waals surface area contributed by atoms with Gasteiger partial charge in [-0.2, -0.15) is 0 Å². The van der Waals surface area contributed by atoms with Crippen molar-refractivity contribution in [1.82, 2.24) is 10.2 Å². The molecule has 0 spiro atoms. The van der Waals surface area contributed by atoms with Gasteiger partial charge < -0.3 is 15.4 Å². The van der Waals surface area contributed by atoms with E-state index in [0.29, 0.717) is 24.4 Å². The van der Waals surface area contributed by atoms with Gasteiger partial charge in [0.15, 0.2) is 0 Å². The molecule has 2 aromatic carbocycles. The first-order valence-electron chi connectivity index (χ1n) is 10.2. The van der Waals surface area contributed by atoms with Gasteiger partial charge in [0.05, 0.1) is 17.9 Å². The van der Waals surface area contributed by atoms with Crippen molar-refractivity contribution in [2.45, 2.75) is 19.4 Å². The van der Waals surface area contributed by atoms with E-state index in [1.54, 1.807) is 25.3 Å². The maximum absolute atomic E-state index is 12.8. The third-order valence-corrected chi connectivity index (χ3v) is 5.83. The highest BCUT2D eigenvalue weighted by Crippen LogP contribution is 2.23. The fourth-order valence-corrected chi connectivity index (χ4v) is 3.85. The number of carbonyl (C=O) groups is 2. The highest BCUT2D eigenvalue weighted by Gasteiger charge is 2.26. The van der Waals surface area contributed by atoms with E-state index in [1.807, 2.05) is 6.07 Å². The van der Waals surface area contributed by atoms with Crippen LogP contribution < -0.4 is 10.6 Å². The standard InChI is InChI=1S/C23H28BrN3O3/c1-30-15-12-25-23(29)20-4-2-3-5-21(20)26-22(28)18-10-13-27(14-11-18)16-17-6-8-19(24)9-7-17/h2-9,18H,10-16H2,1H3,(H,25,29)(H,26,28). The maximum atomic E-state index is 12.8. The molecule has 2 N–H and O–H groups in total. The van der Waals surface area contributed by atoms with Gasteiger partial charge in [0.25, 0.3) is 5.91 Å². The van der Waals surface area contributed by atoms with Gasteiger partial charge in [-0.1, -0.05) is 40.2 Å². The van der Waals surface area contributed by atoms with E-state index in [4.69, 9.17) is 4.74 Å². The third-order valence-electron chi connectivity index (χ3n) is 5.30. The van der Waals surface area contributed by atoms with Crippen molar-refractivity contribution in [3.8, 4) is 0 Å². The largest absolute Gasteiger partial charge is 0.383 e. The second-order valence-corrected chi connectivity index (χ2v) is 8.38. The summed E-state index contributed by atoms with van der Waals surface area (Å²) in [4.78, 5) is 27.6. The second kappa shape index (κ2) is 11.2. The Labute approximate surface area is 186 Å². The molecule has 0 saturated carbocycles. The Balaban J connectivity index is 1.52. The number of para-hydroxylation sites is 1. The number of piperidine rings is 1. The number of methoxy groups -OCH3 is 1. The molecule has 2 aromatic rings. The molecular weight excluding hydrogens is 446 g/mol. The van der Waals surface area contributed by atoms with Gasteiger partial charge in [-0.3, -0.25) is 14.5 Å². The van der Waals surface area contributed by atoms with E-state index >= 15 is 0 Å². The van der Waals surface area contributed by atoms with E-state index in [2.05, 4.69) is 55.7 Å². The van der Waals surface area contributed by atoms with Gasteiger partial charge in [0.2, 0.25) is 5.91 Å². The number of amides is 2. The Morgan fingerprint density at radius 1 is 1.10 bits per heavy atom. The van der Waals surface area contributed by atoms with Gasteiger partial charge in [0.1, 0.15) is 0 Å². The van der Waals surface area contributed by atoms with E-state index < -0.39 is 0 Å². The van der Waals surface area contributed by atoms with Crippen LogP contribution in [0.5, 0.6) is 0 Å². The van der Waals surface area contributed by atoms with Crippen LogP contribution >= 0.6 is 15.9 Å². The predicted molar refractivity (Wildman–Crippen MR) is 121 cm³/mol. The van der Waals surface area contributed by atoms with Gasteiger partial charge >= 0.3 is 0 Å². The molecule has 1 fully saturated rings. The zero-order valence-electron chi connectivity index (χ0n) is 17.2. The van der Waals surface area contributed by atoms with Crippen molar-refractivity contribution in [1.29, 1.82) is 0 Å². The topological polar surface area (TPSA) is 70.7 Å². The van der Waals surface area contributed by atoms with Crippen molar-refractivity contribution in [3.63, 3.8) is 0 Å². The molecule has 0 bridgehead atoms. The van der Waals surface area contributed by atoms with Gasteiger partial charge in [-0.25, -0.2) is 0 Å². The molecule has 0 radical (unpaired) electrons. The molecule has 0 aliphatic carbocycles. The second-order valence-electron chi connectivity index (χ2n) is 7.46. The Hall–Kier alpha value is -2.22. The summed E-state index contributed by atoms with van der Waals surface area (Å²) in [6.07, 6.45) is 1.62. The number of carbonyl (C=O) groups excluding carboxylic acids is 2. The van der Waals surface area contributed by atoms with Crippen LogP contribution in [0.2, 0.25) is 0 Å². The van der Waals surface area contributed by atoms with Crippen molar-refractivity contribution < 1.29 is 14.3 Å². The molecule has 7 heteroatoms. The van der Waals surface area contributed by atoms with Crippen LogP contribution in [0.1, 0.15) is 28.8 Å². The SMILES string of the molecule is COCCNC(=O)c1ccccc1NC(=O)C1CCN(Cc2ccc(Br)cc2)CC1. The zero-order chi connectivity index (χ0) is 21.3. The summed E-state index contributed by atoms with van der Waals surface area (Å²) in [6.45, 7) is 3.53. The number of benzene rings is 2. The van der Waals surface area contributed by atoms with Crippen LogP contribution in [-0.4, -0.2) is 50.1 Å². The normalized spacial score (nSPS) is 15.0. The summed E-state index contributed by atoms with van der Waals surface area (Å²) < 4.78 is 6.04. The summed E-state index contributed by atoms with van der Waals surface area (Å²) in [6, 6.07) is 15.5. The average molecular weight is 474 g/mol. The first kappa shape index (κ1) is 22.5.